The molecule has 0 fully saturated rings. The van der Waals surface area contributed by atoms with Crippen molar-refractivity contribution in [3.63, 3.8) is 0 Å². The number of alkyl halides is 2. The summed E-state index contributed by atoms with van der Waals surface area (Å²) in [6.07, 6.45) is 0. The van der Waals surface area contributed by atoms with Crippen LogP contribution in [0, 0.1) is 0 Å². The van der Waals surface area contributed by atoms with E-state index in [1.54, 1.807) is 32.4 Å². The van der Waals surface area contributed by atoms with Crippen LogP contribution in [-0.2, 0) is 54.4 Å². The fourth-order valence-electron chi connectivity index (χ4n) is 6.38. The Labute approximate surface area is 331 Å². The number of ether oxygens (including phenoxy) is 3. The maximum atomic E-state index is 14.3. The normalized spacial score (nSPS) is 11.9. The van der Waals surface area contributed by atoms with Gasteiger partial charge in [-0.15, -0.1) is 0 Å². The zero-order chi connectivity index (χ0) is 40.3. The highest BCUT2D eigenvalue weighted by Gasteiger charge is 2.38. The van der Waals surface area contributed by atoms with Crippen molar-refractivity contribution in [3.8, 4) is 11.5 Å². The molecule has 0 aliphatic rings. The summed E-state index contributed by atoms with van der Waals surface area (Å²) >= 11 is 0. The molecular formula is C46H54F2N2O5Si. The van der Waals surface area contributed by atoms with E-state index in [-0.39, 0.29) is 24.7 Å². The van der Waals surface area contributed by atoms with Gasteiger partial charge >= 0.3 is 6.03 Å². The highest BCUT2D eigenvalue weighted by Crippen LogP contribution is 2.42. The number of rotatable bonds is 17. The number of nitrogens with one attached hydrogen (secondary N) is 2. The van der Waals surface area contributed by atoms with E-state index < -0.39 is 33.3 Å². The lowest BCUT2D eigenvalue weighted by molar-refractivity contribution is 0.000129. The topological polar surface area (TPSA) is 78.1 Å². The number of carbonyl (C=O) groups is 1. The number of amides is 2. The molecule has 0 aromatic heterocycles. The van der Waals surface area contributed by atoms with Crippen molar-refractivity contribution in [2.45, 2.75) is 84.2 Å². The zero-order valence-corrected chi connectivity index (χ0v) is 34.5. The van der Waals surface area contributed by atoms with Gasteiger partial charge in [0.05, 0.1) is 27.4 Å². The van der Waals surface area contributed by atoms with E-state index in [2.05, 4.69) is 44.5 Å². The van der Waals surface area contributed by atoms with Gasteiger partial charge in [0, 0.05) is 13.1 Å². The van der Waals surface area contributed by atoms with Crippen LogP contribution in [0.1, 0.15) is 70.8 Å². The molecule has 296 valence electrons. The molecule has 5 aromatic rings. The lowest BCUT2D eigenvalue weighted by Crippen LogP contribution is -2.40. The Morgan fingerprint density at radius 2 is 1.00 bits per heavy atom. The molecule has 2 N–H and O–H groups in total. The molecule has 0 aliphatic carbocycles. The Morgan fingerprint density at radius 1 is 0.589 bits per heavy atom. The van der Waals surface area contributed by atoms with Crippen molar-refractivity contribution in [2.24, 2.45) is 0 Å². The molecule has 10 heteroatoms. The first-order chi connectivity index (χ1) is 26.8. The molecule has 2 amide bonds. The summed E-state index contributed by atoms with van der Waals surface area (Å²) < 4.78 is 52.4. The molecule has 0 radical (unpaired) electrons. The molecule has 56 heavy (non-hydrogen) atoms. The van der Waals surface area contributed by atoms with Crippen molar-refractivity contribution in [3.05, 3.63) is 165 Å². The molecule has 0 saturated heterocycles. The van der Waals surface area contributed by atoms with Crippen molar-refractivity contribution in [2.75, 3.05) is 14.2 Å². The summed E-state index contributed by atoms with van der Waals surface area (Å²) in [7, 11) is 1.25. The molecule has 0 spiro atoms. The van der Waals surface area contributed by atoms with Crippen LogP contribution in [0.15, 0.2) is 115 Å². The molecule has 5 aromatic carbocycles. The lowest BCUT2D eigenvalue weighted by atomic mass is 9.80. The molecule has 7 nitrogen and oxygen atoms in total. The predicted octanol–water partition coefficient (Wildman–Crippen LogP) is 10.7. The number of carbonyl (C=O) groups excluding carboxylic acids is 1. The van der Waals surface area contributed by atoms with Crippen molar-refractivity contribution in [1.82, 2.24) is 10.6 Å². The second-order valence-electron chi connectivity index (χ2n) is 15.5. The zero-order valence-electron chi connectivity index (χ0n) is 33.5. The lowest BCUT2D eigenvalue weighted by Gasteiger charge is -2.36. The molecule has 0 atom stereocenters. The summed E-state index contributed by atoms with van der Waals surface area (Å²) in [5, 5.41) is 5.82. The number of hydrogen-bond acceptors (Lipinski definition) is 5. The molecule has 5 rings (SSSR count). The number of halogens is 2. The van der Waals surface area contributed by atoms with Gasteiger partial charge < -0.3 is 29.3 Å². The second-order valence-corrected chi connectivity index (χ2v) is 20.3. The van der Waals surface area contributed by atoms with Gasteiger partial charge in [-0.1, -0.05) is 112 Å². The number of methoxy groups -OCH3 is 2. The van der Waals surface area contributed by atoms with Crippen molar-refractivity contribution < 1.29 is 32.2 Å². The Balaban J connectivity index is 1.33. The fourth-order valence-corrected chi connectivity index (χ4v) is 7.34. The third-order valence-electron chi connectivity index (χ3n) is 10.5. The minimum atomic E-state index is -2.00. The van der Waals surface area contributed by atoms with Gasteiger partial charge in [-0.25, -0.2) is 13.6 Å². The molecule has 0 saturated carbocycles. The average molecular weight is 781 g/mol. The van der Waals surface area contributed by atoms with E-state index in [0.717, 1.165) is 38.9 Å². The first-order valence-electron chi connectivity index (χ1n) is 18.8. The van der Waals surface area contributed by atoms with Crippen LogP contribution in [0.4, 0.5) is 13.6 Å². The van der Waals surface area contributed by atoms with Gasteiger partial charge in [0.25, 0.3) is 0 Å². The summed E-state index contributed by atoms with van der Waals surface area (Å²) in [5.41, 5.74) is 5.72. The van der Waals surface area contributed by atoms with Gasteiger partial charge in [0.2, 0.25) is 0 Å². The minimum Gasteiger partial charge on any atom is -0.497 e. The number of urea groups is 1. The Bertz CT molecular complexity index is 1990. The summed E-state index contributed by atoms with van der Waals surface area (Å²) in [6.45, 7) is 10.5. The number of hydrogen-bond donors (Lipinski definition) is 2. The van der Waals surface area contributed by atoms with Crippen LogP contribution >= 0.6 is 0 Å². The number of benzene rings is 5. The van der Waals surface area contributed by atoms with Gasteiger partial charge in [-0.05, 0) is 92.5 Å². The van der Waals surface area contributed by atoms with Gasteiger partial charge in [-0.2, -0.15) is 0 Å². The summed E-state index contributed by atoms with van der Waals surface area (Å²) in [4.78, 5) is 13.0. The predicted molar refractivity (Wildman–Crippen MR) is 221 cm³/mol. The van der Waals surface area contributed by atoms with Crippen LogP contribution < -0.4 is 20.1 Å². The van der Waals surface area contributed by atoms with Crippen molar-refractivity contribution in [1.29, 1.82) is 0 Å². The second kappa shape index (κ2) is 18.7. The first-order valence-corrected chi connectivity index (χ1v) is 21.7. The van der Waals surface area contributed by atoms with Crippen LogP contribution in [0.5, 0.6) is 11.5 Å². The quantitative estimate of drug-likeness (QED) is 0.0726. The van der Waals surface area contributed by atoms with E-state index in [9.17, 15) is 13.6 Å². The largest absolute Gasteiger partial charge is 0.497 e. The maximum absolute atomic E-state index is 14.3. The van der Waals surface area contributed by atoms with Crippen LogP contribution in [0.3, 0.4) is 0 Å². The highest BCUT2D eigenvalue weighted by molar-refractivity contribution is 6.74. The average Bonchev–Trinajstić information content (AvgIpc) is 3.21. The van der Waals surface area contributed by atoms with Crippen molar-refractivity contribution >= 4 is 14.3 Å². The summed E-state index contributed by atoms with van der Waals surface area (Å²) in [6, 6.07) is 36.0. The van der Waals surface area contributed by atoms with E-state index in [4.69, 9.17) is 18.6 Å². The van der Waals surface area contributed by atoms with E-state index in [1.165, 1.54) is 0 Å². The Hall–Kier alpha value is -5.03. The Kier molecular flexibility index (Phi) is 14.1. The van der Waals surface area contributed by atoms with E-state index in [0.29, 0.717) is 29.2 Å². The standard InChI is InChI=1S/C46H54F2N2O5Si/c1-45(2,3)56(6,7)55-32-38-24-34(28-48)22-36(26-38)30-50-44(51)49-29-35-21-33(27-47)23-37(25-35)31-54-46(39-11-9-8-10-12-39,40-13-17-42(52-4)18-14-40)41-15-19-43(53-5)20-16-41/h8-26H,27-32H2,1-7H3,(H2,49,50,51). The first kappa shape index (κ1) is 42.1. The minimum absolute atomic E-state index is 0.0476. The summed E-state index contributed by atoms with van der Waals surface area (Å²) in [5.74, 6) is 1.43. The van der Waals surface area contributed by atoms with Crippen LogP contribution in [0.2, 0.25) is 18.1 Å². The monoisotopic (exact) mass is 780 g/mol. The van der Waals surface area contributed by atoms with E-state index in [1.807, 2.05) is 97.1 Å². The van der Waals surface area contributed by atoms with Gasteiger partial charge in [0.15, 0.2) is 8.32 Å². The van der Waals surface area contributed by atoms with Crippen LogP contribution in [-0.4, -0.2) is 28.6 Å². The van der Waals surface area contributed by atoms with Gasteiger partial charge in [-0.3, -0.25) is 0 Å². The van der Waals surface area contributed by atoms with Crippen LogP contribution in [0.25, 0.3) is 0 Å². The molecule has 0 bridgehead atoms. The molecular weight excluding hydrogens is 727 g/mol. The molecule has 0 aliphatic heterocycles. The smallest absolute Gasteiger partial charge is 0.315 e. The van der Waals surface area contributed by atoms with E-state index >= 15 is 0 Å². The molecule has 0 unspecified atom stereocenters. The third kappa shape index (κ3) is 10.4. The maximum Gasteiger partial charge on any atom is 0.315 e. The molecule has 0 heterocycles. The highest BCUT2D eigenvalue weighted by atomic mass is 28.4. The SMILES string of the molecule is COc1ccc(C(OCc2cc(CF)cc(CNC(=O)NCc3cc(CF)cc(CO[Si](C)(C)C(C)(C)C)c3)c2)(c2ccccc2)c2ccc(OC)cc2)cc1. The van der Waals surface area contributed by atoms with Gasteiger partial charge in [0.1, 0.15) is 30.4 Å². The Morgan fingerprint density at radius 3 is 1.43 bits per heavy atom. The third-order valence-corrected chi connectivity index (χ3v) is 15.0. The fraction of sp³-hybridized carbons (Fsp3) is 0.326.